The molecule has 26 heavy (non-hydrogen) atoms. The average molecular weight is 358 g/mol. The number of nitrogens with one attached hydrogen (secondary N) is 3. The van der Waals surface area contributed by atoms with Crippen LogP contribution in [0.2, 0.25) is 0 Å². The smallest absolute Gasteiger partial charge is 0.314 e. The molecule has 4 rings (SSSR count). The number of hydrogen-bond acceptors (Lipinski definition) is 5. The van der Waals surface area contributed by atoms with E-state index in [2.05, 4.69) is 15.3 Å². The van der Waals surface area contributed by atoms with E-state index in [1.165, 1.54) is 38.2 Å². The molecule has 1 heterocycles. The molecule has 0 saturated heterocycles. The Labute approximate surface area is 149 Å². The zero-order valence-corrected chi connectivity index (χ0v) is 14.5. The van der Waals surface area contributed by atoms with Gasteiger partial charge < -0.3 is 15.3 Å². The summed E-state index contributed by atoms with van der Waals surface area (Å²) in [7, 11) is 0. The molecule has 1 atom stereocenters. The van der Waals surface area contributed by atoms with E-state index in [0.29, 0.717) is 35.5 Å². The summed E-state index contributed by atoms with van der Waals surface area (Å²) in [6.45, 7) is 0. The van der Waals surface area contributed by atoms with Crippen molar-refractivity contribution < 1.29 is 4.92 Å². The first kappa shape index (κ1) is 17.0. The number of hydrogen-bond donors (Lipinski definition) is 3. The Morgan fingerprint density at radius 3 is 2.46 bits per heavy atom. The van der Waals surface area contributed by atoms with E-state index in [1.54, 1.807) is 0 Å². The molecule has 0 aliphatic heterocycles. The first-order valence-corrected chi connectivity index (χ1v) is 9.24. The molecule has 2 aliphatic rings. The summed E-state index contributed by atoms with van der Waals surface area (Å²) < 4.78 is 0. The number of nitro benzene ring substituents is 1. The molecule has 2 aliphatic carbocycles. The minimum atomic E-state index is -0.792. The normalized spacial score (nSPS) is 20.8. The standard InChI is InChI=1S/C18H22N4O4/c23-17-18(24)21-16-13-8-11(19-10-4-2-1-3-5-10)6-7-12(13)15(22(25)26)9-14(16)20-17/h9-11,19H,1-8H2,(H,20,23)(H,21,24). The number of nitrogens with zero attached hydrogens (tertiary/aromatic N) is 1. The Bertz CT molecular complexity index is 972. The molecule has 2 aromatic rings. The minimum Gasteiger partial charge on any atom is -0.316 e. The zero-order valence-electron chi connectivity index (χ0n) is 14.5. The predicted octanol–water partition coefficient (Wildman–Crippen LogP) is 1.90. The van der Waals surface area contributed by atoms with Gasteiger partial charge in [0, 0.05) is 23.7 Å². The van der Waals surface area contributed by atoms with Crippen LogP contribution in [0, 0.1) is 10.1 Å². The molecule has 8 nitrogen and oxygen atoms in total. The lowest BCUT2D eigenvalue weighted by atomic mass is 9.85. The lowest BCUT2D eigenvalue weighted by molar-refractivity contribution is -0.385. The Morgan fingerprint density at radius 1 is 1.00 bits per heavy atom. The zero-order chi connectivity index (χ0) is 18.3. The molecule has 0 bridgehead atoms. The SMILES string of the molecule is O=c1[nH]c2cc([N+](=O)[O-])c3c(c2[nH]c1=O)CC(NC1CCCCC1)CC3. The predicted molar refractivity (Wildman–Crippen MR) is 97.7 cm³/mol. The lowest BCUT2D eigenvalue weighted by Gasteiger charge is -2.32. The van der Waals surface area contributed by atoms with Crippen LogP contribution in [-0.4, -0.2) is 27.0 Å². The molecule has 1 fully saturated rings. The Balaban J connectivity index is 1.75. The lowest BCUT2D eigenvalue weighted by Crippen LogP contribution is -2.42. The molecule has 0 spiro atoms. The van der Waals surface area contributed by atoms with Crippen molar-refractivity contribution in [2.24, 2.45) is 0 Å². The molecule has 8 heteroatoms. The van der Waals surface area contributed by atoms with Gasteiger partial charge in [0.05, 0.1) is 16.0 Å². The van der Waals surface area contributed by atoms with E-state index >= 15 is 0 Å². The summed E-state index contributed by atoms with van der Waals surface area (Å²) >= 11 is 0. The van der Waals surface area contributed by atoms with Crippen molar-refractivity contribution >= 4 is 16.7 Å². The second-order valence-corrected chi connectivity index (χ2v) is 7.38. The van der Waals surface area contributed by atoms with Gasteiger partial charge in [0.1, 0.15) is 0 Å². The Kier molecular flexibility index (Phi) is 4.36. The second-order valence-electron chi connectivity index (χ2n) is 7.38. The molecule has 0 amide bonds. The van der Waals surface area contributed by atoms with Gasteiger partial charge in [0.2, 0.25) is 0 Å². The fourth-order valence-electron chi connectivity index (χ4n) is 4.43. The first-order chi connectivity index (χ1) is 12.5. The van der Waals surface area contributed by atoms with E-state index in [-0.39, 0.29) is 11.7 Å². The summed E-state index contributed by atoms with van der Waals surface area (Å²) in [6.07, 6.45) is 8.15. The maximum Gasteiger partial charge on any atom is 0.314 e. The number of benzene rings is 1. The van der Waals surface area contributed by atoms with Gasteiger partial charge >= 0.3 is 11.1 Å². The molecular formula is C18H22N4O4. The molecule has 1 saturated carbocycles. The van der Waals surface area contributed by atoms with Gasteiger partial charge in [-0.25, -0.2) is 0 Å². The van der Waals surface area contributed by atoms with Gasteiger partial charge in [-0.3, -0.25) is 19.7 Å². The van der Waals surface area contributed by atoms with E-state index < -0.39 is 16.0 Å². The summed E-state index contributed by atoms with van der Waals surface area (Å²) in [5.41, 5.74) is 0.791. The van der Waals surface area contributed by atoms with Crippen molar-refractivity contribution in [1.82, 2.24) is 15.3 Å². The van der Waals surface area contributed by atoms with Crippen LogP contribution in [0.3, 0.4) is 0 Å². The minimum absolute atomic E-state index is 0.0197. The van der Waals surface area contributed by atoms with E-state index in [9.17, 15) is 19.7 Å². The van der Waals surface area contributed by atoms with Crippen LogP contribution in [0.1, 0.15) is 49.7 Å². The van der Waals surface area contributed by atoms with Gasteiger partial charge in [-0.05, 0) is 37.7 Å². The number of fused-ring (bicyclic) bond motifs is 3. The molecule has 3 N–H and O–H groups in total. The van der Waals surface area contributed by atoms with Crippen molar-refractivity contribution in [3.8, 4) is 0 Å². The summed E-state index contributed by atoms with van der Waals surface area (Å²) in [5, 5.41) is 15.2. The third-order valence-corrected chi connectivity index (χ3v) is 5.69. The van der Waals surface area contributed by atoms with Crippen LogP contribution in [0.4, 0.5) is 5.69 Å². The fourth-order valence-corrected chi connectivity index (χ4v) is 4.43. The highest BCUT2D eigenvalue weighted by atomic mass is 16.6. The van der Waals surface area contributed by atoms with Crippen molar-refractivity contribution in [3.63, 3.8) is 0 Å². The van der Waals surface area contributed by atoms with Crippen molar-refractivity contribution in [2.45, 2.75) is 63.5 Å². The summed E-state index contributed by atoms with van der Waals surface area (Å²) in [5.74, 6) is 0. The number of H-pyrrole nitrogens is 2. The number of aromatic amines is 2. The largest absolute Gasteiger partial charge is 0.316 e. The molecule has 138 valence electrons. The molecule has 1 aromatic carbocycles. The quantitative estimate of drug-likeness (QED) is 0.440. The summed E-state index contributed by atoms with van der Waals surface area (Å²) in [6, 6.07) is 2.09. The molecule has 1 unspecified atom stereocenters. The van der Waals surface area contributed by atoms with Crippen LogP contribution >= 0.6 is 0 Å². The number of nitro groups is 1. The third kappa shape index (κ3) is 3.05. The van der Waals surface area contributed by atoms with Crippen LogP contribution < -0.4 is 16.4 Å². The first-order valence-electron chi connectivity index (χ1n) is 9.24. The van der Waals surface area contributed by atoms with Gasteiger partial charge in [-0.2, -0.15) is 0 Å². The van der Waals surface area contributed by atoms with E-state index in [0.717, 1.165) is 12.0 Å². The van der Waals surface area contributed by atoms with Crippen molar-refractivity contribution in [3.05, 3.63) is 48.0 Å². The van der Waals surface area contributed by atoms with Gasteiger partial charge in [-0.1, -0.05) is 19.3 Å². The monoisotopic (exact) mass is 358 g/mol. The fraction of sp³-hybridized carbons (Fsp3) is 0.556. The van der Waals surface area contributed by atoms with E-state index in [1.807, 2.05) is 0 Å². The molecular weight excluding hydrogens is 336 g/mol. The summed E-state index contributed by atoms with van der Waals surface area (Å²) in [4.78, 5) is 39.6. The van der Waals surface area contributed by atoms with Gasteiger partial charge in [0.25, 0.3) is 5.69 Å². The van der Waals surface area contributed by atoms with Crippen LogP contribution in [-0.2, 0) is 12.8 Å². The molecule has 1 aromatic heterocycles. The number of aromatic nitrogens is 2. The van der Waals surface area contributed by atoms with Gasteiger partial charge in [0.15, 0.2) is 0 Å². The highest BCUT2D eigenvalue weighted by Gasteiger charge is 2.29. The van der Waals surface area contributed by atoms with Crippen molar-refractivity contribution in [2.75, 3.05) is 0 Å². The van der Waals surface area contributed by atoms with Crippen LogP contribution in [0.25, 0.3) is 11.0 Å². The highest BCUT2D eigenvalue weighted by molar-refractivity contribution is 5.83. The molecule has 0 radical (unpaired) electrons. The topological polar surface area (TPSA) is 121 Å². The number of rotatable bonds is 3. The maximum absolute atomic E-state index is 11.8. The van der Waals surface area contributed by atoms with Crippen LogP contribution in [0.5, 0.6) is 0 Å². The third-order valence-electron chi connectivity index (χ3n) is 5.69. The van der Waals surface area contributed by atoms with Crippen LogP contribution in [0.15, 0.2) is 15.7 Å². The Morgan fingerprint density at radius 2 is 1.73 bits per heavy atom. The second kappa shape index (κ2) is 6.68. The maximum atomic E-state index is 11.8. The Hall–Kier alpha value is -2.48. The highest BCUT2D eigenvalue weighted by Crippen LogP contribution is 2.34. The van der Waals surface area contributed by atoms with E-state index in [4.69, 9.17) is 0 Å². The average Bonchev–Trinajstić information content (AvgIpc) is 2.63. The van der Waals surface area contributed by atoms with Crippen molar-refractivity contribution in [1.29, 1.82) is 0 Å². The van der Waals surface area contributed by atoms with Gasteiger partial charge in [-0.15, -0.1) is 0 Å².